The largest absolute Gasteiger partial charge is 0.384 e. The van der Waals surface area contributed by atoms with Crippen LogP contribution >= 0.6 is 11.6 Å². The fourth-order valence-electron chi connectivity index (χ4n) is 2.35. The van der Waals surface area contributed by atoms with Crippen molar-refractivity contribution in [3.63, 3.8) is 0 Å². The zero-order chi connectivity index (χ0) is 15.9. The van der Waals surface area contributed by atoms with Crippen LogP contribution in [0.15, 0.2) is 42.5 Å². The van der Waals surface area contributed by atoms with Crippen molar-refractivity contribution in [1.29, 1.82) is 0 Å². The molecule has 0 bridgehead atoms. The lowest BCUT2D eigenvalue weighted by atomic mass is 10.1. The third-order valence-electron chi connectivity index (χ3n) is 3.54. The van der Waals surface area contributed by atoms with Crippen molar-refractivity contribution >= 4 is 28.9 Å². The normalized spacial score (nSPS) is 10.3. The van der Waals surface area contributed by atoms with Gasteiger partial charge in [0.2, 0.25) is 5.91 Å². The molecule has 2 aromatic rings. The van der Waals surface area contributed by atoms with Crippen LogP contribution in [0.25, 0.3) is 0 Å². The summed E-state index contributed by atoms with van der Waals surface area (Å²) in [6.45, 7) is 4.80. The summed E-state index contributed by atoms with van der Waals surface area (Å²) in [7, 11) is 0. The summed E-state index contributed by atoms with van der Waals surface area (Å²) in [6, 6.07) is 13.5. The van der Waals surface area contributed by atoms with Gasteiger partial charge in [-0.05, 0) is 36.6 Å². The quantitative estimate of drug-likeness (QED) is 0.814. The van der Waals surface area contributed by atoms with E-state index < -0.39 is 0 Å². The van der Waals surface area contributed by atoms with Gasteiger partial charge in [0.25, 0.3) is 0 Å². The van der Waals surface area contributed by atoms with Gasteiger partial charge in [0.05, 0.1) is 10.7 Å². The Morgan fingerprint density at radius 1 is 1.14 bits per heavy atom. The number of amides is 1. The molecule has 0 aliphatic heterocycles. The average Bonchev–Trinajstić information content (AvgIpc) is 2.51. The minimum Gasteiger partial charge on any atom is -0.384 e. The molecular weight excluding hydrogens is 296 g/mol. The Balaban J connectivity index is 1.89. The number of benzene rings is 2. The molecule has 2 N–H and O–H groups in total. The molecule has 3 nitrogen and oxygen atoms in total. The maximum absolute atomic E-state index is 12.0. The highest BCUT2D eigenvalue weighted by atomic mass is 35.5. The van der Waals surface area contributed by atoms with Crippen LogP contribution in [0.2, 0.25) is 5.02 Å². The minimum atomic E-state index is -0.0489. The molecule has 1 amide bonds. The van der Waals surface area contributed by atoms with Gasteiger partial charge in [0.1, 0.15) is 0 Å². The molecule has 2 aromatic carbocycles. The molecule has 0 radical (unpaired) electrons. The molecule has 0 fully saturated rings. The summed E-state index contributed by atoms with van der Waals surface area (Å²) in [6.07, 6.45) is 1.36. The number of nitrogens with one attached hydrogen (secondary N) is 2. The Hall–Kier alpha value is -2.00. The first-order chi connectivity index (χ1) is 10.6. The van der Waals surface area contributed by atoms with Crippen molar-refractivity contribution < 1.29 is 4.79 Å². The molecule has 0 atom stereocenters. The number of rotatable bonds is 6. The maximum atomic E-state index is 12.0. The molecule has 0 saturated heterocycles. The van der Waals surface area contributed by atoms with Crippen LogP contribution in [0, 0.1) is 6.92 Å². The fraction of sp³-hybridized carbons (Fsp3) is 0.278. The summed E-state index contributed by atoms with van der Waals surface area (Å²) in [4.78, 5) is 12.0. The van der Waals surface area contributed by atoms with Crippen LogP contribution in [0.1, 0.15) is 24.5 Å². The summed E-state index contributed by atoms with van der Waals surface area (Å²) in [5.74, 6) is -0.0489. The lowest BCUT2D eigenvalue weighted by Gasteiger charge is -2.14. The Morgan fingerprint density at radius 3 is 2.64 bits per heavy atom. The maximum Gasteiger partial charge on any atom is 0.226 e. The minimum absolute atomic E-state index is 0.0489. The van der Waals surface area contributed by atoms with E-state index >= 15 is 0 Å². The average molecular weight is 317 g/mol. The zero-order valence-corrected chi connectivity index (χ0v) is 13.7. The lowest BCUT2D eigenvalue weighted by molar-refractivity contribution is -0.115. The Morgan fingerprint density at radius 2 is 1.91 bits per heavy atom. The van der Waals surface area contributed by atoms with Crippen molar-refractivity contribution in [2.24, 2.45) is 0 Å². The molecule has 0 spiro atoms. The second kappa shape index (κ2) is 7.85. The molecule has 0 aliphatic rings. The van der Waals surface area contributed by atoms with Crippen molar-refractivity contribution in [1.82, 2.24) is 0 Å². The molecule has 0 aliphatic carbocycles. The van der Waals surface area contributed by atoms with Crippen LogP contribution in [0.3, 0.4) is 0 Å². The summed E-state index contributed by atoms with van der Waals surface area (Å²) < 4.78 is 0. The number of hydrogen-bond acceptors (Lipinski definition) is 2. The van der Waals surface area contributed by atoms with Gasteiger partial charge >= 0.3 is 0 Å². The highest BCUT2D eigenvalue weighted by Crippen LogP contribution is 2.22. The molecule has 0 unspecified atom stereocenters. The van der Waals surface area contributed by atoms with Crippen molar-refractivity contribution in [3.8, 4) is 0 Å². The van der Waals surface area contributed by atoms with Crippen LogP contribution in [-0.4, -0.2) is 12.5 Å². The first kappa shape index (κ1) is 16.4. The molecular formula is C18H21ClN2O. The van der Waals surface area contributed by atoms with Crippen LogP contribution in [-0.2, 0) is 11.2 Å². The van der Waals surface area contributed by atoms with E-state index in [2.05, 4.69) is 42.7 Å². The number of halogens is 1. The Labute approximate surface area is 136 Å². The zero-order valence-electron chi connectivity index (χ0n) is 12.9. The molecule has 116 valence electrons. The van der Waals surface area contributed by atoms with E-state index in [0.29, 0.717) is 23.7 Å². The van der Waals surface area contributed by atoms with E-state index in [1.807, 2.05) is 12.1 Å². The van der Waals surface area contributed by atoms with E-state index in [9.17, 15) is 4.79 Å². The molecule has 4 heteroatoms. The van der Waals surface area contributed by atoms with Gasteiger partial charge in [-0.25, -0.2) is 0 Å². The summed E-state index contributed by atoms with van der Waals surface area (Å²) >= 11 is 6.03. The number of aryl methyl sites for hydroxylation is 2. The highest BCUT2D eigenvalue weighted by molar-refractivity contribution is 6.33. The second-order valence-electron chi connectivity index (χ2n) is 5.17. The molecule has 0 aromatic heterocycles. The van der Waals surface area contributed by atoms with E-state index in [4.69, 9.17) is 11.6 Å². The van der Waals surface area contributed by atoms with Crippen molar-refractivity contribution in [2.75, 3.05) is 17.2 Å². The Kier molecular flexibility index (Phi) is 5.84. The lowest BCUT2D eigenvalue weighted by Crippen LogP contribution is -2.17. The first-order valence-corrected chi connectivity index (χ1v) is 7.86. The predicted molar refractivity (Wildman–Crippen MR) is 93.7 cm³/mol. The van der Waals surface area contributed by atoms with Gasteiger partial charge in [-0.2, -0.15) is 0 Å². The molecule has 22 heavy (non-hydrogen) atoms. The molecule has 2 rings (SSSR count). The predicted octanol–water partition coefficient (Wildman–Crippen LogP) is 4.65. The number of anilines is 2. The van der Waals surface area contributed by atoms with Gasteiger partial charge in [-0.15, -0.1) is 0 Å². The SMILES string of the molecule is CCc1cccc(C)c1NCCC(=O)Nc1ccccc1Cl. The molecule has 0 heterocycles. The summed E-state index contributed by atoms with van der Waals surface area (Å²) in [5, 5.41) is 6.75. The second-order valence-corrected chi connectivity index (χ2v) is 5.57. The molecule has 0 saturated carbocycles. The first-order valence-electron chi connectivity index (χ1n) is 7.48. The topological polar surface area (TPSA) is 41.1 Å². The van der Waals surface area contributed by atoms with Gasteiger partial charge in [0, 0.05) is 18.7 Å². The van der Waals surface area contributed by atoms with Gasteiger partial charge in [-0.1, -0.05) is 48.9 Å². The van der Waals surface area contributed by atoms with Crippen molar-refractivity contribution in [3.05, 3.63) is 58.6 Å². The van der Waals surface area contributed by atoms with Gasteiger partial charge in [0.15, 0.2) is 0 Å². The third-order valence-corrected chi connectivity index (χ3v) is 3.87. The van der Waals surface area contributed by atoms with Crippen LogP contribution in [0.5, 0.6) is 0 Å². The monoisotopic (exact) mass is 316 g/mol. The number of carbonyl (C=O) groups is 1. The summed E-state index contributed by atoms with van der Waals surface area (Å²) in [5.41, 5.74) is 4.26. The number of hydrogen-bond donors (Lipinski definition) is 2. The smallest absolute Gasteiger partial charge is 0.226 e. The van der Waals surface area contributed by atoms with E-state index in [0.717, 1.165) is 12.1 Å². The standard InChI is InChI=1S/C18H21ClN2O/c1-3-14-8-6-7-13(2)18(14)20-12-11-17(22)21-16-10-5-4-9-15(16)19/h4-10,20H,3,11-12H2,1-2H3,(H,21,22). The van der Waals surface area contributed by atoms with Gasteiger partial charge < -0.3 is 10.6 Å². The third kappa shape index (κ3) is 4.25. The Bertz CT molecular complexity index is 655. The van der Waals surface area contributed by atoms with Gasteiger partial charge in [-0.3, -0.25) is 4.79 Å². The van der Waals surface area contributed by atoms with Crippen molar-refractivity contribution in [2.45, 2.75) is 26.7 Å². The van der Waals surface area contributed by atoms with Crippen LogP contribution < -0.4 is 10.6 Å². The highest BCUT2D eigenvalue weighted by Gasteiger charge is 2.07. The number of carbonyl (C=O) groups excluding carboxylic acids is 1. The van der Waals surface area contributed by atoms with E-state index in [1.165, 1.54) is 11.1 Å². The fourth-order valence-corrected chi connectivity index (χ4v) is 2.54. The van der Waals surface area contributed by atoms with E-state index in [1.54, 1.807) is 12.1 Å². The number of para-hydroxylation sites is 2. The van der Waals surface area contributed by atoms with Crippen LogP contribution in [0.4, 0.5) is 11.4 Å². The van der Waals surface area contributed by atoms with E-state index in [-0.39, 0.29) is 5.91 Å².